The number of nitrogens with zero attached hydrogens (tertiary/aromatic N) is 1. The molecule has 1 aliphatic rings. The molecular weight excluding hydrogens is 410 g/mol. The van der Waals surface area contributed by atoms with Gasteiger partial charge in [0.25, 0.3) is 0 Å². The van der Waals surface area contributed by atoms with Crippen molar-refractivity contribution in [1.29, 1.82) is 0 Å². The second-order valence-corrected chi connectivity index (χ2v) is 6.70. The highest BCUT2D eigenvalue weighted by Gasteiger charge is 2.26. The third-order valence-electron chi connectivity index (χ3n) is 3.59. The average Bonchev–Trinajstić information content (AvgIpc) is 2.97. The van der Waals surface area contributed by atoms with E-state index in [9.17, 15) is 4.39 Å². The van der Waals surface area contributed by atoms with Crippen LogP contribution in [0.15, 0.2) is 40.2 Å². The Morgan fingerprint density at radius 2 is 1.91 bits per heavy atom. The molecule has 22 heavy (non-hydrogen) atoms. The molecule has 122 valence electrons. The van der Waals surface area contributed by atoms with Gasteiger partial charge < -0.3 is 5.32 Å². The van der Waals surface area contributed by atoms with E-state index in [1.54, 1.807) is 23.5 Å². The summed E-state index contributed by atoms with van der Waals surface area (Å²) >= 11 is 5.28. The molecule has 2 heterocycles. The van der Waals surface area contributed by atoms with Gasteiger partial charge in [-0.2, -0.15) is 0 Å². The second kappa shape index (κ2) is 9.21. The van der Waals surface area contributed by atoms with E-state index >= 15 is 0 Å². The summed E-state index contributed by atoms with van der Waals surface area (Å²) in [6.45, 7) is 4.01. The standard InChI is InChI=1S/C15H16BrFN2S.2ClH/c16-13-10-11(17)3-4-12(13)15(14-2-1-9-20-14)19-7-5-18-6-8-19;;/h1-4,9-10,15,18H,5-8H2;2*1H/t15-;;/m1../s1. The molecule has 1 aliphatic heterocycles. The van der Waals surface area contributed by atoms with Crippen LogP contribution >= 0.6 is 52.1 Å². The number of hydrogen-bond acceptors (Lipinski definition) is 3. The molecule has 2 aromatic rings. The summed E-state index contributed by atoms with van der Waals surface area (Å²) in [4.78, 5) is 3.76. The highest BCUT2D eigenvalue weighted by atomic mass is 79.9. The maximum Gasteiger partial charge on any atom is 0.124 e. The van der Waals surface area contributed by atoms with E-state index in [1.165, 1.54) is 4.88 Å². The third-order valence-corrected chi connectivity index (χ3v) is 5.20. The summed E-state index contributed by atoms with van der Waals surface area (Å²) < 4.78 is 14.2. The van der Waals surface area contributed by atoms with E-state index in [4.69, 9.17) is 0 Å². The maximum absolute atomic E-state index is 13.3. The van der Waals surface area contributed by atoms with Gasteiger partial charge in [0.1, 0.15) is 5.82 Å². The van der Waals surface area contributed by atoms with Crippen LogP contribution in [-0.2, 0) is 0 Å². The molecule has 2 nitrogen and oxygen atoms in total. The van der Waals surface area contributed by atoms with Gasteiger partial charge in [-0.05, 0) is 29.1 Å². The molecule has 0 saturated carbocycles. The van der Waals surface area contributed by atoms with Gasteiger partial charge in [0, 0.05) is 35.5 Å². The lowest BCUT2D eigenvalue weighted by molar-refractivity contribution is 0.200. The molecule has 3 rings (SSSR count). The third kappa shape index (κ3) is 4.43. The zero-order valence-corrected chi connectivity index (χ0v) is 15.8. The van der Waals surface area contributed by atoms with Gasteiger partial charge in [-0.15, -0.1) is 36.2 Å². The molecule has 1 aromatic carbocycles. The summed E-state index contributed by atoms with van der Waals surface area (Å²) in [5.41, 5.74) is 1.13. The first-order valence-electron chi connectivity index (χ1n) is 6.69. The first-order valence-corrected chi connectivity index (χ1v) is 8.36. The summed E-state index contributed by atoms with van der Waals surface area (Å²) in [6.07, 6.45) is 0. The Hall–Kier alpha value is -0.170. The maximum atomic E-state index is 13.3. The van der Waals surface area contributed by atoms with Gasteiger partial charge in [0.05, 0.1) is 6.04 Å². The van der Waals surface area contributed by atoms with Crippen molar-refractivity contribution in [2.24, 2.45) is 0 Å². The summed E-state index contributed by atoms with van der Waals surface area (Å²) in [7, 11) is 0. The zero-order valence-electron chi connectivity index (χ0n) is 11.8. The molecule has 0 aliphatic carbocycles. The van der Waals surface area contributed by atoms with E-state index in [1.807, 2.05) is 6.07 Å². The first-order chi connectivity index (χ1) is 9.75. The Balaban J connectivity index is 0.00000121. The fourth-order valence-electron chi connectivity index (χ4n) is 2.64. The van der Waals surface area contributed by atoms with Crippen LogP contribution in [0.3, 0.4) is 0 Å². The van der Waals surface area contributed by atoms with Crippen molar-refractivity contribution in [1.82, 2.24) is 10.2 Å². The Kier molecular flexibility index (Phi) is 8.32. The molecule has 0 bridgehead atoms. The van der Waals surface area contributed by atoms with Crippen molar-refractivity contribution in [2.45, 2.75) is 6.04 Å². The molecule has 1 fully saturated rings. The molecule has 0 unspecified atom stereocenters. The highest BCUT2D eigenvalue weighted by Crippen LogP contribution is 2.36. The highest BCUT2D eigenvalue weighted by molar-refractivity contribution is 9.10. The van der Waals surface area contributed by atoms with Crippen LogP contribution in [0.5, 0.6) is 0 Å². The van der Waals surface area contributed by atoms with Gasteiger partial charge in [0.2, 0.25) is 0 Å². The number of benzene rings is 1. The van der Waals surface area contributed by atoms with E-state index in [0.29, 0.717) is 0 Å². The molecule has 1 N–H and O–H groups in total. The Labute approximate surface area is 155 Å². The van der Waals surface area contributed by atoms with Crippen LogP contribution in [0.4, 0.5) is 4.39 Å². The molecule has 0 amide bonds. The molecular formula is C15H18BrCl2FN2S. The molecule has 1 saturated heterocycles. The summed E-state index contributed by atoms with van der Waals surface area (Å²) in [5.74, 6) is -0.203. The number of rotatable bonds is 3. The fourth-order valence-corrected chi connectivity index (χ4v) is 4.08. The molecule has 1 aromatic heterocycles. The Morgan fingerprint density at radius 1 is 1.18 bits per heavy atom. The number of hydrogen-bond donors (Lipinski definition) is 1. The monoisotopic (exact) mass is 426 g/mol. The van der Waals surface area contributed by atoms with E-state index in [-0.39, 0.29) is 36.7 Å². The minimum absolute atomic E-state index is 0. The van der Waals surface area contributed by atoms with E-state index < -0.39 is 0 Å². The minimum atomic E-state index is -0.203. The van der Waals surface area contributed by atoms with Gasteiger partial charge in [0.15, 0.2) is 0 Å². The molecule has 0 radical (unpaired) electrons. The lowest BCUT2D eigenvalue weighted by Crippen LogP contribution is -2.45. The van der Waals surface area contributed by atoms with Gasteiger partial charge in [-0.1, -0.05) is 28.1 Å². The second-order valence-electron chi connectivity index (χ2n) is 4.87. The summed E-state index contributed by atoms with van der Waals surface area (Å²) in [6, 6.07) is 9.43. The van der Waals surface area contributed by atoms with Crippen LogP contribution in [0, 0.1) is 5.82 Å². The van der Waals surface area contributed by atoms with Gasteiger partial charge >= 0.3 is 0 Å². The molecule has 0 spiro atoms. The fraction of sp³-hybridized carbons (Fsp3) is 0.333. The van der Waals surface area contributed by atoms with Crippen molar-refractivity contribution in [3.05, 3.63) is 56.4 Å². The van der Waals surface area contributed by atoms with Crippen LogP contribution in [0.1, 0.15) is 16.5 Å². The first kappa shape index (κ1) is 19.9. The number of nitrogens with one attached hydrogen (secondary N) is 1. The number of thiophene rings is 1. The largest absolute Gasteiger partial charge is 0.314 e. The Bertz CT molecular complexity index is 577. The van der Waals surface area contributed by atoms with Gasteiger partial charge in [-0.3, -0.25) is 4.90 Å². The predicted molar refractivity (Wildman–Crippen MR) is 99.2 cm³/mol. The van der Waals surface area contributed by atoms with Crippen molar-refractivity contribution >= 4 is 52.1 Å². The van der Waals surface area contributed by atoms with Crippen LogP contribution in [0.25, 0.3) is 0 Å². The molecule has 1 atom stereocenters. The number of halogens is 4. The van der Waals surface area contributed by atoms with Crippen molar-refractivity contribution in [3.63, 3.8) is 0 Å². The van der Waals surface area contributed by atoms with Crippen molar-refractivity contribution < 1.29 is 4.39 Å². The Morgan fingerprint density at radius 3 is 2.50 bits per heavy atom. The van der Waals surface area contributed by atoms with Crippen LogP contribution in [0.2, 0.25) is 0 Å². The quantitative estimate of drug-likeness (QED) is 0.776. The lowest BCUT2D eigenvalue weighted by atomic mass is 10.0. The van der Waals surface area contributed by atoms with Crippen LogP contribution in [-0.4, -0.2) is 31.1 Å². The van der Waals surface area contributed by atoms with Crippen molar-refractivity contribution in [3.8, 4) is 0 Å². The zero-order chi connectivity index (χ0) is 13.9. The lowest BCUT2D eigenvalue weighted by Gasteiger charge is -2.35. The molecule has 7 heteroatoms. The SMILES string of the molecule is Cl.Cl.Fc1ccc([C@H](c2cccs2)N2CCNCC2)c(Br)c1. The normalized spacial score (nSPS) is 16.5. The minimum Gasteiger partial charge on any atom is -0.314 e. The number of piperazine rings is 1. The average molecular weight is 428 g/mol. The smallest absolute Gasteiger partial charge is 0.124 e. The van der Waals surface area contributed by atoms with Crippen molar-refractivity contribution in [2.75, 3.05) is 26.2 Å². The van der Waals surface area contributed by atoms with Crippen LogP contribution < -0.4 is 5.32 Å². The summed E-state index contributed by atoms with van der Waals surface area (Å²) in [5, 5.41) is 5.48. The topological polar surface area (TPSA) is 15.3 Å². The predicted octanol–water partition coefficient (Wildman–Crippen LogP) is 4.49. The van der Waals surface area contributed by atoms with E-state index in [2.05, 4.69) is 43.7 Å². The van der Waals surface area contributed by atoms with E-state index in [0.717, 1.165) is 36.2 Å². The van der Waals surface area contributed by atoms with Gasteiger partial charge in [-0.25, -0.2) is 4.39 Å².